The maximum absolute atomic E-state index is 14.6. The molecule has 0 spiro atoms. The van der Waals surface area contributed by atoms with Crippen molar-refractivity contribution >= 4 is 68.6 Å². The minimum atomic E-state index is -0.483. The SMILES string of the molecule is CCCCCCCCSN(C(=O)C(=O)N(SC1CCCCCCC1)c1cccc2ccccc12)c1cccc2ccccc12. The molecule has 0 N–H and O–H groups in total. The molecule has 4 nitrogen and oxygen atoms in total. The molecule has 0 heterocycles. The summed E-state index contributed by atoms with van der Waals surface area (Å²) < 4.78 is 3.42. The van der Waals surface area contributed by atoms with E-state index in [1.165, 1.54) is 69.7 Å². The summed E-state index contributed by atoms with van der Waals surface area (Å²) >= 11 is 3.06. The quantitative estimate of drug-likeness (QED) is 0.0891. The van der Waals surface area contributed by atoms with E-state index in [0.29, 0.717) is 5.25 Å². The Morgan fingerprint density at radius 2 is 1.11 bits per heavy atom. The largest absolute Gasteiger partial charge is 0.327 e. The van der Waals surface area contributed by atoms with E-state index in [1.807, 2.05) is 54.6 Å². The molecule has 4 aromatic rings. The summed E-state index contributed by atoms with van der Waals surface area (Å²) in [4.78, 5) is 29.1. The Morgan fingerprint density at radius 1 is 0.614 bits per heavy atom. The Morgan fingerprint density at radius 3 is 1.75 bits per heavy atom. The number of nitrogens with zero attached hydrogens (tertiary/aromatic N) is 2. The van der Waals surface area contributed by atoms with E-state index in [2.05, 4.69) is 37.3 Å². The smallest absolute Gasteiger partial charge is 0.262 e. The van der Waals surface area contributed by atoms with E-state index in [0.717, 1.165) is 64.4 Å². The van der Waals surface area contributed by atoms with E-state index in [1.54, 1.807) is 20.6 Å². The molecular formula is C38H46N2O2S2. The van der Waals surface area contributed by atoms with Crippen LogP contribution in [0.5, 0.6) is 0 Å². The van der Waals surface area contributed by atoms with E-state index in [4.69, 9.17) is 0 Å². The van der Waals surface area contributed by atoms with Crippen molar-refractivity contribution in [1.29, 1.82) is 0 Å². The van der Waals surface area contributed by atoms with Gasteiger partial charge in [0.05, 0.1) is 11.4 Å². The molecule has 1 fully saturated rings. The third-order valence-electron chi connectivity index (χ3n) is 8.55. The van der Waals surface area contributed by atoms with Crippen LogP contribution in [0.1, 0.15) is 90.4 Å². The fraction of sp³-hybridized carbons (Fsp3) is 0.421. The Balaban J connectivity index is 1.47. The third-order valence-corrected chi connectivity index (χ3v) is 11.0. The second-order valence-corrected chi connectivity index (χ2v) is 14.1. The molecule has 5 rings (SSSR count). The van der Waals surface area contributed by atoms with Gasteiger partial charge in [-0.15, -0.1) is 0 Å². The standard InChI is InChI=1S/C38H46N2O2S2/c1-2-3-4-5-9-16-29-43-39(35-27-17-21-30-19-12-14-25-33(30)35)37(41)38(42)40(44-32-23-10-7-6-8-11-24-32)36-28-18-22-31-20-13-15-26-34(31)36/h12-15,17-22,25-28,32H,2-11,16,23-24,29H2,1H3. The third kappa shape index (κ3) is 8.39. The zero-order valence-electron chi connectivity index (χ0n) is 26.1. The monoisotopic (exact) mass is 626 g/mol. The minimum absolute atomic E-state index is 0.299. The van der Waals surface area contributed by atoms with Crippen molar-refractivity contribution in [2.75, 3.05) is 14.4 Å². The fourth-order valence-electron chi connectivity index (χ4n) is 6.11. The number of hydrogen-bond donors (Lipinski definition) is 0. The molecule has 1 aliphatic rings. The van der Waals surface area contributed by atoms with Crippen LogP contribution in [0.2, 0.25) is 0 Å². The molecule has 44 heavy (non-hydrogen) atoms. The Kier molecular flexibility index (Phi) is 12.5. The van der Waals surface area contributed by atoms with Crippen LogP contribution in [0, 0.1) is 0 Å². The summed E-state index contributed by atoms with van der Waals surface area (Å²) in [5, 5.41) is 4.40. The van der Waals surface area contributed by atoms with Gasteiger partial charge in [0.25, 0.3) is 0 Å². The molecule has 0 bridgehead atoms. The minimum Gasteiger partial charge on any atom is -0.262 e. The van der Waals surface area contributed by atoms with Gasteiger partial charge in [-0.1, -0.05) is 144 Å². The number of carbonyl (C=O) groups is 2. The highest BCUT2D eigenvalue weighted by molar-refractivity contribution is 8.02. The molecule has 6 heteroatoms. The molecule has 0 atom stereocenters. The van der Waals surface area contributed by atoms with Crippen molar-refractivity contribution in [3.05, 3.63) is 84.9 Å². The van der Waals surface area contributed by atoms with Crippen LogP contribution in [-0.4, -0.2) is 22.8 Å². The van der Waals surface area contributed by atoms with Crippen LogP contribution in [0.3, 0.4) is 0 Å². The van der Waals surface area contributed by atoms with Gasteiger partial charge in [-0.3, -0.25) is 9.59 Å². The van der Waals surface area contributed by atoms with Gasteiger partial charge in [0.15, 0.2) is 0 Å². The maximum atomic E-state index is 14.6. The van der Waals surface area contributed by atoms with E-state index in [-0.39, 0.29) is 0 Å². The predicted molar refractivity (Wildman–Crippen MR) is 192 cm³/mol. The number of carbonyl (C=O) groups excluding carboxylic acids is 2. The molecule has 0 unspecified atom stereocenters. The van der Waals surface area contributed by atoms with Gasteiger partial charge in [-0.05, 0) is 66.1 Å². The first-order valence-electron chi connectivity index (χ1n) is 16.6. The van der Waals surface area contributed by atoms with Crippen LogP contribution in [0.4, 0.5) is 11.4 Å². The molecule has 4 aromatic carbocycles. The van der Waals surface area contributed by atoms with Crippen molar-refractivity contribution in [2.45, 2.75) is 95.6 Å². The molecule has 1 saturated carbocycles. The molecule has 1 aliphatic carbocycles. The van der Waals surface area contributed by atoms with E-state index < -0.39 is 11.8 Å². The van der Waals surface area contributed by atoms with Crippen molar-refractivity contribution < 1.29 is 9.59 Å². The fourth-order valence-corrected chi connectivity index (χ4v) is 8.41. The lowest BCUT2D eigenvalue weighted by Crippen LogP contribution is -2.41. The van der Waals surface area contributed by atoms with E-state index in [9.17, 15) is 9.59 Å². The lowest BCUT2D eigenvalue weighted by atomic mass is 10.0. The van der Waals surface area contributed by atoms with Crippen LogP contribution >= 0.6 is 23.9 Å². The molecular weight excluding hydrogens is 581 g/mol. The van der Waals surface area contributed by atoms with Gasteiger partial charge in [-0.2, -0.15) is 0 Å². The van der Waals surface area contributed by atoms with Crippen LogP contribution in [0.15, 0.2) is 84.9 Å². The van der Waals surface area contributed by atoms with Crippen LogP contribution in [-0.2, 0) is 9.59 Å². The Hall–Kier alpha value is -2.96. The first kappa shape index (κ1) is 32.4. The van der Waals surface area contributed by atoms with Gasteiger partial charge in [0.2, 0.25) is 0 Å². The molecule has 0 radical (unpaired) electrons. The number of amides is 2. The number of fused-ring (bicyclic) bond motifs is 2. The van der Waals surface area contributed by atoms with Gasteiger partial charge in [0.1, 0.15) is 0 Å². The molecule has 232 valence electrons. The lowest BCUT2D eigenvalue weighted by molar-refractivity contribution is -0.134. The first-order valence-corrected chi connectivity index (χ1v) is 18.4. The first-order chi connectivity index (χ1) is 21.7. The Bertz CT molecular complexity index is 1500. The van der Waals surface area contributed by atoms with Crippen molar-refractivity contribution in [3.63, 3.8) is 0 Å². The highest BCUT2D eigenvalue weighted by Gasteiger charge is 2.33. The normalized spacial score (nSPS) is 14.3. The summed E-state index contributed by atoms with van der Waals surface area (Å²) in [5.41, 5.74) is 1.58. The van der Waals surface area contributed by atoms with Crippen LogP contribution < -0.4 is 8.61 Å². The second-order valence-electron chi connectivity index (χ2n) is 11.9. The highest BCUT2D eigenvalue weighted by Crippen LogP contribution is 2.38. The van der Waals surface area contributed by atoms with Gasteiger partial charge in [-0.25, -0.2) is 8.61 Å². The van der Waals surface area contributed by atoms with Crippen molar-refractivity contribution in [1.82, 2.24) is 0 Å². The summed E-state index contributed by atoms with van der Waals surface area (Å²) in [6, 6.07) is 28.4. The topological polar surface area (TPSA) is 40.6 Å². The van der Waals surface area contributed by atoms with E-state index >= 15 is 0 Å². The molecule has 0 saturated heterocycles. The average Bonchev–Trinajstić information content (AvgIpc) is 3.05. The number of hydrogen-bond acceptors (Lipinski definition) is 4. The van der Waals surface area contributed by atoms with Crippen LogP contribution in [0.25, 0.3) is 21.5 Å². The maximum Gasteiger partial charge on any atom is 0.327 e. The molecule has 0 aliphatic heterocycles. The van der Waals surface area contributed by atoms with Crippen molar-refractivity contribution in [2.24, 2.45) is 0 Å². The van der Waals surface area contributed by atoms with Gasteiger partial charge >= 0.3 is 11.8 Å². The highest BCUT2D eigenvalue weighted by atomic mass is 32.2. The zero-order valence-corrected chi connectivity index (χ0v) is 27.7. The van der Waals surface area contributed by atoms with Gasteiger partial charge < -0.3 is 0 Å². The number of anilines is 2. The summed E-state index contributed by atoms with van der Waals surface area (Å²) in [6.07, 6.45) is 15.3. The van der Waals surface area contributed by atoms with Gasteiger partial charge in [0, 0.05) is 21.8 Å². The zero-order chi connectivity index (χ0) is 30.6. The average molecular weight is 627 g/mol. The predicted octanol–water partition coefficient (Wildman–Crippen LogP) is 11.1. The lowest BCUT2D eigenvalue weighted by Gasteiger charge is -2.30. The molecule has 2 amide bonds. The van der Waals surface area contributed by atoms with Crippen molar-refractivity contribution in [3.8, 4) is 0 Å². The summed E-state index contributed by atoms with van der Waals surface area (Å²) in [6.45, 7) is 2.23. The Labute approximate surface area is 272 Å². The summed E-state index contributed by atoms with van der Waals surface area (Å²) in [5.74, 6) is -0.168. The number of rotatable bonds is 12. The number of unbranched alkanes of at least 4 members (excludes halogenated alkanes) is 5. The molecule has 0 aromatic heterocycles. The second kappa shape index (κ2) is 16.9. The summed E-state index contributed by atoms with van der Waals surface area (Å²) in [7, 11) is 0. The number of benzene rings is 4.